The molecule has 2 aromatic carbocycles. The van der Waals surface area contributed by atoms with Crippen molar-refractivity contribution in [3.05, 3.63) is 65.9 Å². The lowest BCUT2D eigenvalue weighted by Crippen LogP contribution is -2.20. The Morgan fingerprint density at radius 2 is 1.83 bits per heavy atom. The van der Waals surface area contributed by atoms with E-state index in [-0.39, 0.29) is 5.82 Å². The molecular weight excluding hydrogens is 312 g/mol. The lowest BCUT2D eigenvalue weighted by atomic mass is 10.0. The molecule has 1 aromatic heterocycles. The summed E-state index contributed by atoms with van der Waals surface area (Å²) in [5.74, 6) is 0.804. The highest BCUT2D eigenvalue weighted by atomic mass is 32.3. The van der Waals surface area contributed by atoms with Crippen molar-refractivity contribution in [2.45, 2.75) is 18.7 Å². The Morgan fingerprint density at radius 1 is 1.09 bits per heavy atom. The summed E-state index contributed by atoms with van der Waals surface area (Å²) in [6.07, 6.45) is 0. The fourth-order valence-corrected chi connectivity index (χ4v) is 3.45. The molecule has 1 heterocycles. The predicted octanol–water partition coefficient (Wildman–Crippen LogP) is 4.32. The first-order valence-electron chi connectivity index (χ1n) is 7.09. The number of aromatic nitrogens is 1. The Bertz CT molecular complexity index is 875. The molecule has 5 nitrogen and oxygen atoms in total. The van der Waals surface area contributed by atoms with Crippen molar-refractivity contribution in [2.24, 2.45) is 0 Å². The van der Waals surface area contributed by atoms with Crippen LogP contribution >= 0.6 is 0 Å². The molecule has 2 N–H and O–H groups in total. The summed E-state index contributed by atoms with van der Waals surface area (Å²) in [6, 6.07) is 16.7. The molecule has 23 heavy (non-hydrogen) atoms. The average Bonchev–Trinajstić information content (AvgIpc) is 2.92. The topological polar surface area (TPSA) is 75.4 Å². The summed E-state index contributed by atoms with van der Waals surface area (Å²) in [5, 5.41) is 3.69. The van der Waals surface area contributed by atoms with Gasteiger partial charge in [-0.2, -0.15) is 9.27 Å². The molecule has 1 atom stereocenters. The van der Waals surface area contributed by atoms with Crippen LogP contribution in [-0.2, 0) is 14.6 Å². The Morgan fingerprint density at radius 3 is 2.43 bits per heavy atom. The fraction of sp³-hybridized carbons (Fsp3) is 0.118. The Kier molecular flexibility index (Phi) is 4.02. The molecule has 1 unspecified atom stereocenters. The number of benzene rings is 2. The van der Waals surface area contributed by atoms with Gasteiger partial charge in [0.15, 0.2) is 0 Å². The summed E-state index contributed by atoms with van der Waals surface area (Å²) >= 11 is 0. The predicted molar refractivity (Wildman–Crippen MR) is 90.4 cm³/mol. The zero-order chi connectivity index (χ0) is 16.4. The third kappa shape index (κ3) is 3.33. The van der Waals surface area contributed by atoms with E-state index >= 15 is 0 Å². The molecule has 0 fully saturated rings. The van der Waals surface area contributed by atoms with Crippen LogP contribution in [0.1, 0.15) is 11.3 Å². The van der Waals surface area contributed by atoms with Crippen LogP contribution in [-0.4, -0.2) is 9.71 Å². The number of hydrogen-bond donors (Lipinski definition) is 2. The third-order valence-corrected chi connectivity index (χ3v) is 4.85. The molecule has 0 saturated carbocycles. The summed E-state index contributed by atoms with van der Waals surface area (Å²) in [4.78, 5) is 0.301. The van der Waals surface area contributed by atoms with E-state index in [1.165, 1.54) is 0 Å². The van der Waals surface area contributed by atoms with Gasteiger partial charge in [-0.3, -0.25) is 0 Å². The summed E-state index contributed by atoms with van der Waals surface area (Å²) in [7, 11) is -3.44. The number of aryl methyl sites for hydroxylation is 2. The van der Waals surface area contributed by atoms with E-state index in [0.29, 0.717) is 10.7 Å². The minimum atomic E-state index is -3.44. The van der Waals surface area contributed by atoms with Crippen LogP contribution in [0.4, 0.5) is 5.82 Å². The van der Waals surface area contributed by atoms with Gasteiger partial charge in [-0.05, 0) is 46.9 Å². The molecule has 0 aliphatic carbocycles. The highest BCUT2D eigenvalue weighted by Crippen LogP contribution is 2.28. The van der Waals surface area contributed by atoms with Gasteiger partial charge in [0.25, 0.3) is 0 Å². The summed E-state index contributed by atoms with van der Waals surface area (Å²) in [6.45, 7) is 3.64. The molecule has 0 bridgehead atoms. The van der Waals surface area contributed by atoms with E-state index in [4.69, 9.17) is 4.52 Å². The van der Waals surface area contributed by atoms with Crippen LogP contribution in [0, 0.1) is 13.8 Å². The molecule has 0 spiro atoms. The first kappa shape index (κ1) is 15.5. The Hall–Kier alpha value is -2.44. The fourth-order valence-electron chi connectivity index (χ4n) is 2.37. The number of anilines is 1. The van der Waals surface area contributed by atoms with Gasteiger partial charge in [0.1, 0.15) is 5.76 Å². The van der Waals surface area contributed by atoms with Crippen molar-refractivity contribution in [3.8, 4) is 11.1 Å². The number of hydrogen-bond acceptors (Lipinski definition) is 3. The first-order chi connectivity index (χ1) is 11.0. The van der Waals surface area contributed by atoms with Crippen LogP contribution in [0.5, 0.6) is 0 Å². The number of nitrogens with one attached hydrogen (secondary N) is 1. The SMILES string of the molecule is Cc1cc(N[S+](=O)(O)c2ccc(-c3ccccc3)c(C)c2)no1. The molecule has 0 amide bonds. The average molecular weight is 329 g/mol. The van der Waals surface area contributed by atoms with Crippen LogP contribution in [0.15, 0.2) is 64.0 Å². The van der Waals surface area contributed by atoms with Crippen LogP contribution in [0.3, 0.4) is 0 Å². The maximum absolute atomic E-state index is 12.5. The van der Waals surface area contributed by atoms with Crippen LogP contribution in [0.25, 0.3) is 11.1 Å². The van der Waals surface area contributed by atoms with E-state index in [1.807, 2.05) is 43.3 Å². The quantitative estimate of drug-likeness (QED) is 0.699. The second kappa shape index (κ2) is 5.98. The van der Waals surface area contributed by atoms with Gasteiger partial charge in [-0.15, -0.1) is 0 Å². The first-order valence-corrected chi connectivity index (χ1v) is 8.61. The van der Waals surface area contributed by atoms with E-state index in [0.717, 1.165) is 16.7 Å². The van der Waals surface area contributed by atoms with Gasteiger partial charge in [0.05, 0.1) is 0 Å². The van der Waals surface area contributed by atoms with Crippen molar-refractivity contribution in [3.63, 3.8) is 0 Å². The minimum Gasteiger partial charge on any atom is -0.359 e. The molecule has 0 aliphatic heterocycles. The van der Waals surface area contributed by atoms with Crippen molar-refractivity contribution in [1.82, 2.24) is 5.16 Å². The third-order valence-electron chi connectivity index (χ3n) is 3.47. The van der Waals surface area contributed by atoms with Gasteiger partial charge in [0, 0.05) is 12.1 Å². The van der Waals surface area contributed by atoms with Crippen molar-refractivity contribution in [1.29, 1.82) is 0 Å². The number of rotatable bonds is 4. The molecule has 0 radical (unpaired) electrons. The summed E-state index contributed by atoms with van der Waals surface area (Å²) in [5.41, 5.74) is 3.02. The standard InChI is InChI=1S/C17H16N2O3S/c1-12-10-15(8-9-16(12)14-6-4-3-5-7-14)23(20,21)19-17-11-13(2)22-18-17/h3-11H,1-2H3,(H-,18,19,20,21)/p+1. The van der Waals surface area contributed by atoms with E-state index in [9.17, 15) is 8.76 Å². The van der Waals surface area contributed by atoms with E-state index in [2.05, 4.69) is 9.88 Å². The second-order valence-electron chi connectivity index (χ2n) is 5.29. The zero-order valence-corrected chi connectivity index (χ0v) is 13.6. The van der Waals surface area contributed by atoms with E-state index in [1.54, 1.807) is 25.1 Å². The molecule has 6 heteroatoms. The molecule has 3 aromatic rings. The van der Waals surface area contributed by atoms with Gasteiger partial charge in [0.2, 0.25) is 10.7 Å². The van der Waals surface area contributed by atoms with Crippen molar-refractivity contribution >= 4 is 16.2 Å². The van der Waals surface area contributed by atoms with Crippen LogP contribution in [0.2, 0.25) is 0 Å². The van der Waals surface area contributed by atoms with Gasteiger partial charge in [-0.25, -0.2) is 0 Å². The molecular formula is C17H17N2O3S+. The highest BCUT2D eigenvalue weighted by molar-refractivity contribution is 7.99. The lowest BCUT2D eigenvalue weighted by Gasteiger charge is -2.09. The van der Waals surface area contributed by atoms with Crippen molar-refractivity contribution < 1.29 is 13.3 Å². The Labute approximate surface area is 135 Å². The smallest absolute Gasteiger partial charge is 0.347 e. The highest BCUT2D eigenvalue weighted by Gasteiger charge is 2.31. The van der Waals surface area contributed by atoms with Gasteiger partial charge >= 0.3 is 10.4 Å². The Balaban J connectivity index is 1.91. The molecule has 0 saturated heterocycles. The summed E-state index contributed by atoms with van der Waals surface area (Å²) < 4.78 is 30.2. The molecule has 3 rings (SSSR count). The second-order valence-corrected chi connectivity index (χ2v) is 7.02. The number of nitrogens with zero attached hydrogens (tertiary/aromatic N) is 1. The lowest BCUT2D eigenvalue weighted by molar-refractivity contribution is 0.400. The van der Waals surface area contributed by atoms with Gasteiger partial charge < -0.3 is 4.52 Å². The normalized spacial score (nSPS) is 13.5. The largest absolute Gasteiger partial charge is 0.359 e. The monoisotopic (exact) mass is 329 g/mol. The molecule has 0 aliphatic rings. The maximum Gasteiger partial charge on any atom is 0.347 e. The van der Waals surface area contributed by atoms with Gasteiger partial charge in [-0.1, -0.05) is 35.5 Å². The van der Waals surface area contributed by atoms with Crippen molar-refractivity contribution in [2.75, 3.05) is 4.72 Å². The van der Waals surface area contributed by atoms with E-state index < -0.39 is 10.4 Å². The van der Waals surface area contributed by atoms with Crippen LogP contribution < -0.4 is 4.72 Å². The minimum absolute atomic E-state index is 0.236. The maximum atomic E-state index is 12.5. The molecule has 118 valence electrons. The zero-order valence-electron chi connectivity index (χ0n) is 12.8.